The lowest BCUT2D eigenvalue weighted by Crippen LogP contribution is -2.50. The predicted octanol–water partition coefficient (Wildman–Crippen LogP) is 3.06. The number of carbonyl (C=O) groups is 2. The zero-order valence-corrected chi connectivity index (χ0v) is 23.7. The van der Waals surface area contributed by atoms with Gasteiger partial charge in [-0.05, 0) is 51.3 Å². The highest BCUT2D eigenvalue weighted by Gasteiger charge is 2.33. The topological polar surface area (TPSA) is 127 Å². The van der Waals surface area contributed by atoms with Gasteiger partial charge in [-0.25, -0.2) is 18.4 Å². The minimum Gasteiger partial charge on any atom is -0.372 e. The molecule has 5 heterocycles. The summed E-state index contributed by atoms with van der Waals surface area (Å²) in [4.78, 5) is 39.6. The average molecular weight is 573 g/mol. The smallest absolute Gasteiger partial charge is 0.256 e. The van der Waals surface area contributed by atoms with Gasteiger partial charge in [0, 0.05) is 37.4 Å². The molecule has 0 aromatic carbocycles. The van der Waals surface area contributed by atoms with Gasteiger partial charge in [0.2, 0.25) is 15.9 Å². The first-order valence-corrected chi connectivity index (χ1v) is 15.6. The van der Waals surface area contributed by atoms with E-state index in [9.17, 15) is 18.0 Å². The van der Waals surface area contributed by atoms with Crippen molar-refractivity contribution in [1.82, 2.24) is 18.8 Å². The zero-order valence-electron chi connectivity index (χ0n) is 22.1. The van der Waals surface area contributed by atoms with Crippen LogP contribution in [0.4, 0.5) is 10.9 Å². The van der Waals surface area contributed by atoms with E-state index in [0.717, 1.165) is 42.0 Å². The molecule has 0 saturated carbocycles. The molecule has 13 heteroatoms. The molecule has 2 saturated heterocycles. The number of pyridine rings is 1. The second-order valence-corrected chi connectivity index (χ2v) is 12.8. The molecule has 0 spiro atoms. The number of likely N-dealkylation sites (tertiary alicyclic amines) is 1. The van der Waals surface area contributed by atoms with Crippen molar-refractivity contribution >= 4 is 44.1 Å². The molecule has 3 atom stereocenters. The summed E-state index contributed by atoms with van der Waals surface area (Å²) in [6, 6.07) is 6.60. The number of morpholine rings is 1. The van der Waals surface area contributed by atoms with Gasteiger partial charge in [-0.1, -0.05) is 6.07 Å². The first-order chi connectivity index (χ1) is 18.6. The summed E-state index contributed by atoms with van der Waals surface area (Å²) in [5.41, 5.74) is 1.60. The molecule has 0 radical (unpaired) electrons. The van der Waals surface area contributed by atoms with Crippen LogP contribution in [0.25, 0.3) is 11.4 Å². The highest BCUT2D eigenvalue weighted by molar-refractivity contribution is 7.89. The maximum Gasteiger partial charge on any atom is 0.256 e. The van der Waals surface area contributed by atoms with Gasteiger partial charge < -0.3 is 19.9 Å². The van der Waals surface area contributed by atoms with Gasteiger partial charge >= 0.3 is 0 Å². The molecule has 1 N–H and O–H groups in total. The molecule has 3 aromatic heterocycles. The lowest BCUT2D eigenvalue weighted by Gasteiger charge is -2.36. The minimum atomic E-state index is -3.51. The summed E-state index contributed by atoms with van der Waals surface area (Å²) < 4.78 is 30.4. The Balaban J connectivity index is 1.28. The summed E-state index contributed by atoms with van der Waals surface area (Å²) in [6.07, 6.45) is 6.02. The molecule has 11 nitrogen and oxygen atoms in total. The van der Waals surface area contributed by atoms with E-state index in [4.69, 9.17) is 9.72 Å². The molecule has 208 valence electrons. The Morgan fingerprint density at radius 2 is 1.85 bits per heavy atom. The third-order valence-electron chi connectivity index (χ3n) is 6.84. The average Bonchev–Trinajstić information content (AvgIpc) is 3.58. The first-order valence-electron chi connectivity index (χ1n) is 12.9. The number of ether oxygens (including phenoxy) is 1. The van der Waals surface area contributed by atoms with Gasteiger partial charge in [0.05, 0.1) is 29.7 Å². The molecular weight excluding hydrogens is 540 g/mol. The number of amides is 2. The molecule has 2 fully saturated rings. The SMILES string of the molecule is C[C@@H]1CN(c2cccc(-c3csc(NC(=O)C4CCCCN4C(=O)c4ccn(S(C)(=O)=O)c4)n3)n2)C[C@H](C)O1. The fourth-order valence-corrected chi connectivity index (χ4v) is 6.36. The van der Waals surface area contributed by atoms with E-state index >= 15 is 0 Å². The van der Waals surface area contributed by atoms with Crippen LogP contribution in [0.3, 0.4) is 0 Å². The molecule has 1 unspecified atom stereocenters. The number of aromatic nitrogens is 3. The van der Waals surface area contributed by atoms with Crippen molar-refractivity contribution in [3.63, 3.8) is 0 Å². The van der Waals surface area contributed by atoms with E-state index < -0.39 is 16.1 Å². The van der Waals surface area contributed by atoms with Crippen molar-refractivity contribution in [2.45, 2.75) is 51.4 Å². The predicted molar refractivity (Wildman–Crippen MR) is 150 cm³/mol. The monoisotopic (exact) mass is 572 g/mol. The molecule has 5 rings (SSSR count). The van der Waals surface area contributed by atoms with E-state index in [1.54, 1.807) is 0 Å². The van der Waals surface area contributed by atoms with Crippen LogP contribution in [0.5, 0.6) is 0 Å². The van der Waals surface area contributed by atoms with Gasteiger partial charge in [0.1, 0.15) is 17.6 Å². The molecule has 2 amide bonds. The standard InChI is InChI=1S/C26H32N6O5S2/c1-17-13-30(14-18(2)37-17)23-9-6-7-20(27-23)21-16-38-26(28-21)29-24(33)22-8-4-5-11-32(22)25(34)19-10-12-31(15-19)39(3,35)36/h6-7,9-10,12,15-18,22H,4-5,8,11,13-14H2,1-3H3,(H,28,29,33)/t17-,18+,22?. The number of rotatable bonds is 6. The summed E-state index contributed by atoms with van der Waals surface area (Å²) in [7, 11) is -3.51. The van der Waals surface area contributed by atoms with Crippen LogP contribution in [-0.4, -0.2) is 83.2 Å². The van der Waals surface area contributed by atoms with E-state index in [-0.39, 0.29) is 29.6 Å². The van der Waals surface area contributed by atoms with E-state index in [2.05, 4.69) is 29.0 Å². The zero-order chi connectivity index (χ0) is 27.7. The number of carbonyl (C=O) groups excluding carboxylic acids is 2. The Labute approximate surface area is 231 Å². The van der Waals surface area contributed by atoms with Crippen LogP contribution in [-0.2, 0) is 19.6 Å². The van der Waals surface area contributed by atoms with Crippen molar-refractivity contribution < 1.29 is 22.7 Å². The fraction of sp³-hybridized carbons (Fsp3) is 0.462. The Hall–Kier alpha value is -3.29. The lowest BCUT2D eigenvalue weighted by molar-refractivity contribution is -0.121. The van der Waals surface area contributed by atoms with Crippen molar-refractivity contribution in [3.8, 4) is 11.4 Å². The third kappa shape index (κ3) is 6.15. The largest absolute Gasteiger partial charge is 0.372 e. The Bertz CT molecular complexity index is 1460. The van der Waals surface area contributed by atoms with Gasteiger partial charge in [-0.2, -0.15) is 0 Å². The van der Waals surface area contributed by atoms with Gasteiger partial charge in [0.25, 0.3) is 5.91 Å². The second kappa shape index (κ2) is 11.1. The number of hydrogen-bond acceptors (Lipinski definition) is 9. The molecular formula is C26H32N6O5S2. The summed E-state index contributed by atoms with van der Waals surface area (Å²) in [5.74, 6) is 0.170. The lowest BCUT2D eigenvalue weighted by atomic mass is 10.0. The molecule has 3 aromatic rings. The maximum absolute atomic E-state index is 13.3. The maximum atomic E-state index is 13.3. The number of nitrogens with zero attached hydrogens (tertiary/aromatic N) is 5. The summed E-state index contributed by atoms with van der Waals surface area (Å²) in [5, 5.41) is 5.15. The van der Waals surface area contributed by atoms with Crippen molar-refractivity contribution in [1.29, 1.82) is 0 Å². The number of hydrogen-bond donors (Lipinski definition) is 1. The van der Waals surface area contributed by atoms with Crippen molar-refractivity contribution in [3.05, 3.63) is 47.6 Å². The van der Waals surface area contributed by atoms with E-state index in [0.29, 0.717) is 29.5 Å². The van der Waals surface area contributed by atoms with Crippen LogP contribution >= 0.6 is 11.3 Å². The van der Waals surface area contributed by atoms with Crippen LogP contribution in [0.1, 0.15) is 43.5 Å². The normalized spacial score (nSPS) is 22.1. The quantitative estimate of drug-likeness (QED) is 0.478. The van der Waals surface area contributed by atoms with Crippen molar-refractivity contribution in [2.24, 2.45) is 0 Å². The number of anilines is 2. The van der Waals surface area contributed by atoms with Gasteiger partial charge in [-0.3, -0.25) is 13.6 Å². The van der Waals surface area contributed by atoms with Crippen LogP contribution < -0.4 is 10.2 Å². The highest BCUT2D eigenvalue weighted by Crippen LogP contribution is 2.28. The highest BCUT2D eigenvalue weighted by atomic mass is 32.2. The summed E-state index contributed by atoms with van der Waals surface area (Å²) in [6.45, 7) is 6.03. The fourth-order valence-electron chi connectivity index (χ4n) is 5.07. The number of nitrogens with one attached hydrogen (secondary N) is 1. The van der Waals surface area contributed by atoms with Crippen molar-refractivity contribution in [2.75, 3.05) is 36.1 Å². The summed E-state index contributed by atoms with van der Waals surface area (Å²) >= 11 is 1.30. The first kappa shape index (κ1) is 27.3. The van der Waals surface area contributed by atoms with Gasteiger partial charge in [0.15, 0.2) is 5.13 Å². The molecule has 2 aliphatic rings. The van der Waals surface area contributed by atoms with E-state index in [1.165, 1.54) is 34.7 Å². The number of thiazole rings is 1. The molecule has 0 bridgehead atoms. The van der Waals surface area contributed by atoms with E-state index in [1.807, 2.05) is 23.6 Å². The second-order valence-electron chi connectivity index (χ2n) is 10.1. The molecule has 39 heavy (non-hydrogen) atoms. The molecule has 2 aliphatic heterocycles. The Morgan fingerprint density at radius 3 is 2.56 bits per heavy atom. The van der Waals surface area contributed by atoms with Crippen LogP contribution in [0.15, 0.2) is 42.0 Å². The third-order valence-corrected chi connectivity index (χ3v) is 8.59. The number of piperidine rings is 1. The minimum absolute atomic E-state index is 0.117. The Morgan fingerprint density at radius 1 is 1.08 bits per heavy atom. The Kier molecular flexibility index (Phi) is 7.74. The molecule has 0 aliphatic carbocycles. The van der Waals surface area contributed by atoms with Crippen LogP contribution in [0, 0.1) is 0 Å². The van der Waals surface area contributed by atoms with Gasteiger partial charge in [-0.15, -0.1) is 11.3 Å². The van der Waals surface area contributed by atoms with Crippen LogP contribution in [0.2, 0.25) is 0 Å².